The van der Waals surface area contributed by atoms with Gasteiger partial charge in [0.05, 0.1) is 29.4 Å². The summed E-state index contributed by atoms with van der Waals surface area (Å²) in [5, 5.41) is 0. The molecule has 14 heteroatoms. The van der Waals surface area contributed by atoms with Gasteiger partial charge in [-0.1, -0.05) is 27.7 Å². The lowest BCUT2D eigenvalue weighted by Crippen LogP contribution is -2.55. The third kappa shape index (κ3) is 6.27. The van der Waals surface area contributed by atoms with Gasteiger partial charge in [-0.15, -0.1) is 0 Å². The minimum atomic E-state index is -4.08. The average Bonchev–Trinajstić information content (AvgIpc) is 3.45. The van der Waals surface area contributed by atoms with Gasteiger partial charge in [-0.2, -0.15) is 16.8 Å². The highest BCUT2D eigenvalue weighted by Gasteiger charge is 2.66. The number of ether oxygens (including phenoxy) is 1. The Balaban J connectivity index is 0.000000151. The van der Waals surface area contributed by atoms with Crippen LogP contribution in [0.4, 0.5) is 0 Å². The zero-order valence-corrected chi connectivity index (χ0v) is 28.2. The summed E-state index contributed by atoms with van der Waals surface area (Å²) in [5.74, 6) is 0.481. The minimum absolute atomic E-state index is 0.0152. The number of nitrogens with zero attached hydrogens (tertiary/aromatic N) is 1. The van der Waals surface area contributed by atoms with Crippen molar-refractivity contribution in [2.45, 2.75) is 85.1 Å². The summed E-state index contributed by atoms with van der Waals surface area (Å²) in [5.41, 5.74) is 3.65. The number of Topliss-reactive ketones (excluding diaryl/α,β-unsaturated/α-hetero) is 2. The molecule has 3 heterocycles. The quantitative estimate of drug-likeness (QED) is 0.278. The van der Waals surface area contributed by atoms with E-state index in [1.165, 1.54) is 33.0 Å². The highest BCUT2D eigenvalue weighted by atomic mass is 32.2. The van der Waals surface area contributed by atoms with E-state index in [-0.39, 0.29) is 40.2 Å². The van der Waals surface area contributed by atoms with Gasteiger partial charge in [-0.05, 0) is 80.2 Å². The second-order valence-corrected chi connectivity index (χ2v) is 18.0. The summed E-state index contributed by atoms with van der Waals surface area (Å²) in [6.45, 7) is 11.1. The van der Waals surface area contributed by atoms with Crippen molar-refractivity contribution in [2.75, 3.05) is 38.2 Å². The fraction of sp³-hybridized carbons (Fsp3) is 0.900. The first-order chi connectivity index (χ1) is 20.1. The SMILES string of the molecule is CC1(C)C2CCC1(CS(=O)(=O)O)C(=O)C2.CC1(C)C2CCC1(CS(=O)(=O)O)C(=O)C2.COC(=O)[C@H](N)[C@H]1CN2CCC1CC2. The molecule has 0 aromatic rings. The molecule has 252 valence electrons. The van der Waals surface area contributed by atoms with E-state index < -0.39 is 48.6 Å². The zero-order valence-electron chi connectivity index (χ0n) is 26.6. The maximum absolute atomic E-state index is 11.9. The maximum atomic E-state index is 11.9. The highest BCUT2D eigenvalue weighted by Crippen LogP contribution is 2.65. The van der Waals surface area contributed by atoms with E-state index in [4.69, 9.17) is 19.6 Å². The van der Waals surface area contributed by atoms with Crippen LogP contribution in [0.3, 0.4) is 0 Å². The minimum Gasteiger partial charge on any atom is -0.468 e. The van der Waals surface area contributed by atoms with Gasteiger partial charge in [-0.25, -0.2) is 0 Å². The van der Waals surface area contributed by atoms with Gasteiger partial charge < -0.3 is 15.4 Å². The Hall–Kier alpha value is -1.45. The van der Waals surface area contributed by atoms with Crippen molar-refractivity contribution < 1.29 is 45.1 Å². The number of piperidine rings is 3. The predicted octanol–water partition coefficient (Wildman–Crippen LogP) is 2.37. The topological polar surface area (TPSA) is 198 Å². The van der Waals surface area contributed by atoms with Gasteiger partial charge in [-0.3, -0.25) is 23.5 Å². The van der Waals surface area contributed by atoms with Crippen molar-refractivity contribution in [3.63, 3.8) is 0 Å². The number of nitrogens with two attached hydrogens (primary N) is 1. The lowest BCUT2D eigenvalue weighted by molar-refractivity contribution is -0.145. The van der Waals surface area contributed by atoms with Crippen LogP contribution in [0.25, 0.3) is 0 Å². The lowest BCUT2D eigenvalue weighted by Gasteiger charge is -2.46. The third-order valence-electron chi connectivity index (χ3n) is 12.8. The molecular formula is C30H50N2O10S2. The largest absolute Gasteiger partial charge is 0.468 e. The van der Waals surface area contributed by atoms with Crippen LogP contribution in [0.1, 0.15) is 79.1 Å². The Morgan fingerprint density at radius 3 is 1.52 bits per heavy atom. The second kappa shape index (κ2) is 12.0. The zero-order chi connectivity index (χ0) is 33.1. The van der Waals surface area contributed by atoms with Crippen LogP contribution >= 0.6 is 0 Å². The van der Waals surface area contributed by atoms with Crippen molar-refractivity contribution in [1.29, 1.82) is 0 Å². The van der Waals surface area contributed by atoms with Crippen LogP contribution in [0, 0.1) is 45.3 Å². The van der Waals surface area contributed by atoms with Crippen molar-refractivity contribution in [3.8, 4) is 0 Å². The smallest absolute Gasteiger partial charge is 0.322 e. The van der Waals surface area contributed by atoms with Crippen molar-refractivity contribution in [3.05, 3.63) is 0 Å². The monoisotopic (exact) mass is 662 g/mol. The summed E-state index contributed by atoms with van der Waals surface area (Å²) >= 11 is 0. The van der Waals surface area contributed by atoms with Gasteiger partial charge in [0.1, 0.15) is 17.6 Å². The Kier molecular flexibility index (Phi) is 9.63. The summed E-state index contributed by atoms with van der Waals surface area (Å²) in [6.07, 6.45) is 6.32. The molecule has 0 aromatic heterocycles. The van der Waals surface area contributed by atoms with Crippen LogP contribution < -0.4 is 5.73 Å². The molecule has 7 aliphatic rings. The number of rotatable bonds is 6. The van der Waals surface area contributed by atoms with E-state index in [1.54, 1.807) is 0 Å². The standard InChI is InChI=1S/C10H18N2O2.2C10H16O4S/c1-14-10(13)9(11)8-6-12-4-2-7(8)3-5-12;2*1-9(2)7-3-4-10(9,8(11)5-7)6-15(12,13)14/h7-9H,2-6,11H2,1H3;2*7H,3-6H2,1-2H3,(H,12,13,14)/t8-,9+;;/m0../s1. The molecule has 7 fully saturated rings. The van der Waals surface area contributed by atoms with Crippen LogP contribution in [-0.2, 0) is 39.4 Å². The molecule has 0 aromatic carbocycles. The molecule has 6 atom stereocenters. The number of esters is 1. The normalized spacial score (nSPS) is 38.4. The first kappa shape index (κ1) is 35.4. The molecule has 4 unspecified atom stereocenters. The summed E-state index contributed by atoms with van der Waals surface area (Å²) in [4.78, 5) is 37.5. The van der Waals surface area contributed by atoms with Crippen LogP contribution in [0.2, 0.25) is 0 Å². The molecule has 44 heavy (non-hydrogen) atoms. The van der Waals surface area contributed by atoms with Crippen LogP contribution in [0.15, 0.2) is 0 Å². The maximum Gasteiger partial charge on any atom is 0.322 e. The molecule has 4 saturated carbocycles. The van der Waals surface area contributed by atoms with E-state index in [1.807, 2.05) is 27.7 Å². The molecule has 6 bridgehead atoms. The van der Waals surface area contributed by atoms with E-state index in [9.17, 15) is 31.2 Å². The summed E-state index contributed by atoms with van der Waals surface area (Å²) in [6, 6.07) is -0.423. The lowest BCUT2D eigenvalue weighted by atomic mass is 9.70. The fourth-order valence-electron chi connectivity index (χ4n) is 9.57. The Morgan fingerprint density at radius 2 is 1.27 bits per heavy atom. The number of hydrogen-bond donors (Lipinski definition) is 3. The van der Waals surface area contributed by atoms with E-state index in [0.717, 1.165) is 19.4 Å². The molecule has 0 amide bonds. The highest BCUT2D eigenvalue weighted by molar-refractivity contribution is 7.86. The van der Waals surface area contributed by atoms with E-state index in [0.29, 0.717) is 37.5 Å². The summed E-state index contributed by atoms with van der Waals surface area (Å²) < 4.78 is 66.6. The molecule has 12 nitrogen and oxygen atoms in total. The number of fused-ring (bicyclic) bond motifs is 7. The molecule has 7 rings (SSSR count). The summed E-state index contributed by atoms with van der Waals surface area (Å²) in [7, 11) is -6.75. The molecule has 4 N–H and O–H groups in total. The Morgan fingerprint density at radius 1 is 0.864 bits per heavy atom. The average molecular weight is 663 g/mol. The van der Waals surface area contributed by atoms with Crippen molar-refractivity contribution in [2.24, 2.45) is 51.1 Å². The first-order valence-electron chi connectivity index (χ1n) is 15.6. The number of methoxy groups -OCH3 is 1. The van der Waals surface area contributed by atoms with E-state index in [2.05, 4.69) is 4.90 Å². The third-order valence-corrected chi connectivity index (χ3v) is 14.5. The Bertz CT molecular complexity index is 1290. The number of ketones is 2. The second-order valence-electron chi connectivity index (χ2n) is 15.1. The van der Waals surface area contributed by atoms with Gasteiger partial charge in [0.15, 0.2) is 0 Å². The number of carbonyl (C=O) groups excluding carboxylic acids is 3. The first-order valence-corrected chi connectivity index (χ1v) is 18.8. The molecule has 0 spiro atoms. The van der Waals surface area contributed by atoms with Gasteiger partial charge in [0.25, 0.3) is 20.2 Å². The van der Waals surface area contributed by atoms with Crippen LogP contribution in [-0.4, -0.2) is 92.7 Å². The predicted molar refractivity (Wildman–Crippen MR) is 163 cm³/mol. The van der Waals surface area contributed by atoms with E-state index >= 15 is 0 Å². The van der Waals surface area contributed by atoms with Gasteiger partial charge >= 0.3 is 5.97 Å². The fourth-order valence-corrected chi connectivity index (χ4v) is 12.2. The molecule has 4 aliphatic carbocycles. The molecule has 3 saturated heterocycles. The van der Waals surface area contributed by atoms with Crippen LogP contribution in [0.5, 0.6) is 0 Å². The molecule has 3 aliphatic heterocycles. The Labute approximate surface area is 261 Å². The molecule has 0 radical (unpaired) electrons. The van der Waals surface area contributed by atoms with Crippen molar-refractivity contribution >= 4 is 37.8 Å². The number of hydrogen-bond acceptors (Lipinski definition) is 10. The number of carbonyl (C=O) groups is 3. The molecular weight excluding hydrogens is 612 g/mol. The van der Waals surface area contributed by atoms with Gasteiger partial charge in [0, 0.05) is 25.3 Å². The van der Waals surface area contributed by atoms with Gasteiger partial charge in [0.2, 0.25) is 0 Å². The van der Waals surface area contributed by atoms with Crippen molar-refractivity contribution in [1.82, 2.24) is 4.90 Å².